The molecule has 0 atom stereocenters. The van der Waals surface area contributed by atoms with Crippen molar-refractivity contribution in [1.29, 1.82) is 0 Å². The molecule has 476 valence electrons. The highest BCUT2D eigenvalue weighted by atomic mass is 127. The molecule has 0 fully saturated rings. The van der Waals surface area contributed by atoms with E-state index in [1.807, 2.05) is 98.8 Å². The van der Waals surface area contributed by atoms with Crippen LogP contribution in [0.15, 0.2) is 194 Å². The summed E-state index contributed by atoms with van der Waals surface area (Å²) in [5.74, 6) is 6.16. The molecule has 0 bridgehead atoms. The number of imidazole rings is 3. The molecule has 90 heavy (non-hydrogen) atoms. The van der Waals surface area contributed by atoms with Gasteiger partial charge < -0.3 is 50.8 Å². The Morgan fingerprint density at radius 2 is 0.922 bits per heavy atom. The highest BCUT2D eigenvalue weighted by molar-refractivity contribution is 14.1. The summed E-state index contributed by atoms with van der Waals surface area (Å²) in [5, 5.41) is 27.9. The fourth-order valence-electron chi connectivity index (χ4n) is 9.02. The number of alkyl halides is 2. The minimum atomic E-state index is -0.821. The van der Waals surface area contributed by atoms with Crippen LogP contribution >= 0.6 is 38.5 Å². The number of fused-ring (bicyclic) bond motifs is 3. The average Bonchev–Trinajstić information content (AvgIpc) is 2.07. The zero-order valence-electron chi connectivity index (χ0n) is 53.1. The Morgan fingerprint density at radius 1 is 0.522 bits per heavy atom. The number of halogens is 2. The number of nitrogens with one attached hydrogen (secondary N) is 2. The van der Waals surface area contributed by atoms with Gasteiger partial charge in [0.25, 0.3) is 0 Å². The fourth-order valence-corrected chi connectivity index (χ4v) is 9.02. The zero-order valence-corrected chi connectivity index (χ0v) is 56.8. The maximum absolute atomic E-state index is 10.2. The largest absolute Gasteiger partial charge is 0.508 e. The number of phenolic OH excluding ortho intramolecular Hbond substituents is 2. The third-order valence-corrected chi connectivity index (χ3v) is 14.6. The first kappa shape index (κ1) is 72.4. The van der Waals surface area contributed by atoms with Crippen LogP contribution in [-0.4, -0.2) is 73.7 Å². The highest BCUT2D eigenvalue weighted by Crippen LogP contribution is 2.22. The summed E-state index contributed by atoms with van der Waals surface area (Å²) >= 11 is 5.60. The number of aromatic amines is 2. The molecule has 0 radical (unpaired) electrons. The number of nitrogen functional groups attached to an aromatic ring is 2. The number of carbonyl (C=O) groups is 1. The number of aliphatic carboxylic acids is 1. The first-order chi connectivity index (χ1) is 43.5. The van der Waals surface area contributed by atoms with Crippen molar-refractivity contribution < 1.29 is 29.6 Å². The molecule has 0 unspecified atom stereocenters. The predicted octanol–water partition coefficient (Wildman–Crippen LogP) is 17.4. The van der Waals surface area contributed by atoms with Crippen LogP contribution in [0.25, 0.3) is 33.1 Å². The molecule has 8 aromatic carbocycles. The SMILES string of the molecule is CC(C)CBr.CCI.CCOc1cccc(CCc2nc3ccccc3[nH]2)c1.CCOc1cccc(CCc2nc3ccccc3n2CC(C)C)c1.Nc1ccccc1N.O=C(O)CCc1cccc(O)c1.Oc1cccc(CCc2nc3ccccc3[nH]2)c1. The van der Waals surface area contributed by atoms with E-state index in [1.165, 1.54) is 26.9 Å². The monoisotopic (exact) mass is 1390 g/mol. The van der Waals surface area contributed by atoms with E-state index in [4.69, 9.17) is 36.1 Å². The van der Waals surface area contributed by atoms with E-state index in [9.17, 15) is 9.90 Å². The molecule has 0 aliphatic carbocycles. The Kier molecular flexibility index (Phi) is 32.4. The summed E-state index contributed by atoms with van der Waals surface area (Å²) in [6, 6.07) is 62.5. The number of H-pyrrole nitrogens is 2. The molecular weight excluding hydrogens is 1300 g/mol. The van der Waals surface area contributed by atoms with Gasteiger partial charge in [0.05, 0.1) is 57.7 Å². The first-order valence-corrected chi connectivity index (χ1v) is 33.4. The van der Waals surface area contributed by atoms with E-state index in [1.54, 1.807) is 48.5 Å². The molecule has 0 spiro atoms. The van der Waals surface area contributed by atoms with Crippen molar-refractivity contribution in [3.8, 4) is 23.0 Å². The second-order valence-corrected chi connectivity index (χ2v) is 23.9. The van der Waals surface area contributed by atoms with Gasteiger partial charge in [-0.15, -0.1) is 0 Å². The average molecular weight is 1390 g/mol. The number of hydrogen-bond acceptors (Lipinski definition) is 10. The van der Waals surface area contributed by atoms with Gasteiger partial charge in [-0.25, -0.2) is 15.0 Å². The maximum Gasteiger partial charge on any atom is 0.303 e. The molecule has 0 aliphatic rings. The standard InChI is InChI=1S/C21H26N2O.C17H18N2O.C15H14N2O.C9H10O3.C6H8N2.C4H9Br.C2H5I/c1-4-24-18-9-7-8-17(14-18)12-13-21-22-19-10-5-6-11-20(19)23(21)15-16(2)3;1-2-20-14-7-5-6-13(12-14)10-11-17-18-15-8-3-4-9-16(15)19-17;18-12-5-3-4-11(10-12)8-9-15-16-13-6-1-2-7-14(13)17-15;10-8-3-1-2-7(6-8)4-5-9(11)12;7-5-3-1-2-4-6(5)8;1-4(2)3-5;1-2-3/h5-11,14,16H,4,12-13,15H2,1-3H3;3-9,12H,2,10-11H2,1H3,(H,18,19);1-7,10,18H,8-9H2,(H,16,17);1-3,6,10H,4-5H2,(H,11,12);1-4H,7-8H2;4H,3H2,1-2H3;2H2,1H3. The van der Waals surface area contributed by atoms with Crippen molar-refractivity contribution in [2.45, 2.75) is 106 Å². The van der Waals surface area contributed by atoms with Gasteiger partial charge in [-0.05, 0) is 175 Å². The molecule has 0 saturated heterocycles. The van der Waals surface area contributed by atoms with Crippen molar-refractivity contribution in [2.24, 2.45) is 11.8 Å². The number of nitrogens with zero attached hydrogens (tertiary/aromatic N) is 4. The lowest BCUT2D eigenvalue weighted by atomic mass is 10.1. The molecule has 3 heterocycles. The Labute approximate surface area is 553 Å². The van der Waals surface area contributed by atoms with Gasteiger partial charge >= 0.3 is 5.97 Å². The second-order valence-electron chi connectivity index (χ2n) is 21.8. The van der Waals surface area contributed by atoms with Gasteiger partial charge in [-0.2, -0.15) is 0 Å². The maximum atomic E-state index is 10.2. The topological polar surface area (TPSA) is 223 Å². The lowest BCUT2D eigenvalue weighted by Gasteiger charge is -2.12. The minimum Gasteiger partial charge on any atom is -0.508 e. The summed E-state index contributed by atoms with van der Waals surface area (Å²) in [6.45, 7) is 17.4. The Balaban J connectivity index is 0.000000205. The summed E-state index contributed by atoms with van der Waals surface area (Å²) in [5.41, 5.74) is 23.2. The molecule has 3 aromatic heterocycles. The highest BCUT2D eigenvalue weighted by Gasteiger charge is 2.12. The molecule has 0 saturated carbocycles. The summed E-state index contributed by atoms with van der Waals surface area (Å²) < 4.78 is 14.7. The van der Waals surface area contributed by atoms with Crippen molar-refractivity contribution in [3.63, 3.8) is 0 Å². The van der Waals surface area contributed by atoms with Crippen molar-refractivity contribution >= 4 is 89.0 Å². The molecular formula is C74H90BrIN8O6. The minimum absolute atomic E-state index is 0.101. The third kappa shape index (κ3) is 26.8. The van der Waals surface area contributed by atoms with Gasteiger partial charge in [0.1, 0.15) is 40.5 Å². The van der Waals surface area contributed by atoms with E-state index in [0.29, 0.717) is 42.7 Å². The third-order valence-electron chi connectivity index (χ3n) is 13.3. The van der Waals surface area contributed by atoms with Gasteiger partial charge in [-0.3, -0.25) is 4.79 Å². The number of para-hydroxylation sites is 8. The molecule has 14 nitrogen and oxygen atoms in total. The van der Waals surface area contributed by atoms with Crippen LogP contribution in [0.4, 0.5) is 11.4 Å². The Hall–Kier alpha value is -8.35. The van der Waals surface area contributed by atoms with E-state index < -0.39 is 5.97 Å². The number of benzene rings is 8. The number of hydrogen-bond donors (Lipinski definition) is 7. The van der Waals surface area contributed by atoms with E-state index >= 15 is 0 Å². The van der Waals surface area contributed by atoms with E-state index in [-0.39, 0.29) is 12.2 Å². The first-order valence-electron chi connectivity index (χ1n) is 30.7. The number of nitrogens with two attached hydrogens (primary N) is 2. The van der Waals surface area contributed by atoms with Crippen molar-refractivity contribution in [2.75, 3.05) is 34.4 Å². The number of carboxylic acids is 1. The smallest absolute Gasteiger partial charge is 0.303 e. The van der Waals surface area contributed by atoms with Crippen LogP contribution in [0, 0.1) is 11.8 Å². The van der Waals surface area contributed by atoms with Crippen molar-refractivity contribution in [3.05, 3.63) is 234 Å². The van der Waals surface area contributed by atoms with E-state index in [0.717, 1.165) is 118 Å². The van der Waals surface area contributed by atoms with Crippen molar-refractivity contribution in [1.82, 2.24) is 29.5 Å². The number of anilines is 2. The second kappa shape index (κ2) is 40.3. The number of carboxylic acid groups (broad SMARTS) is 1. The molecule has 11 rings (SSSR count). The number of phenols is 2. The molecule has 0 amide bonds. The molecule has 16 heteroatoms. The normalized spacial score (nSPS) is 10.4. The van der Waals surface area contributed by atoms with Gasteiger partial charge in [0, 0.05) is 37.6 Å². The summed E-state index contributed by atoms with van der Waals surface area (Å²) in [7, 11) is 0. The molecule has 9 N–H and O–H groups in total. The number of aromatic hydroxyl groups is 2. The van der Waals surface area contributed by atoms with E-state index in [2.05, 4.69) is 158 Å². The number of aryl methyl sites for hydroxylation is 7. The van der Waals surface area contributed by atoms with Gasteiger partial charge in [0.15, 0.2) is 0 Å². The Morgan fingerprint density at radius 3 is 1.33 bits per heavy atom. The van der Waals surface area contributed by atoms with Crippen LogP contribution in [0.5, 0.6) is 23.0 Å². The summed E-state index contributed by atoms with van der Waals surface area (Å²) in [4.78, 5) is 30.9. The van der Waals surface area contributed by atoms with Crippen LogP contribution in [-0.2, 0) is 56.3 Å². The summed E-state index contributed by atoms with van der Waals surface area (Å²) in [6.07, 6.45) is 6.06. The van der Waals surface area contributed by atoms with Gasteiger partial charge in [0.2, 0.25) is 0 Å². The number of aromatic nitrogens is 6. The van der Waals surface area contributed by atoms with Gasteiger partial charge in [-0.1, -0.05) is 170 Å². The zero-order chi connectivity index (χ0) is 65.0. The van der Waals surface area contributed by atoms with Crippen LogP contribution < -0.4 is 20.9 Å². The van der Waals surface area contributed by atoms with Crippen LogP contribution in [0.3, 0.4) is 0 Å². The lowest BCUT2D eigenvalue weighted by molar-refractivity contribution is -0.136. The molecule has 11 aromatic rings. The fraction of sp³-hybridized carbons (Fsp3) is 0.297. The lowest BCUT2D eigenvalue weighted by Crippen LogP contribution is -2.09. The van der Waals surface area contributed by atoms with Crippen LogP contribution in [0.2, 0.25) is 0 Å². The predicted molar refractivity (Wildman–Crippen MR) is 385 cm³/mol. The number of rotatable bonds is 19. The number of ether oxygens (including phenoxy) is 2. The quantitative estimate of drug-likeness (QED) is 0.0229. The Bertz CT molecular complexity index is 3740. The van der Waals surface area contributed by atoms with Crippen LogP contribution in [0.1, 0.15) is 94.6 Å². The molecule has 0 aliphatic heterocycles.